The highest BCUT2D eigenvalue weighted by Crippen LogP contribution is 2.63. The molecule has 0 aromatic carbocycles. The largest absolute Gasteiger partial charge is 0.479 e. The van der Waals surface area contributed by atoms with Crippen LogP contribution in [0.25, 0.3) is 0 Å². The van der Waals surface area contributed by atoms with E-state index in [1.807, 2.05) is 0 Å². The van der Waals surface area contributed by atoms with Gasteiger partial charge in [0.25, 0.3) is 0 Å². The third kappa shape index (κ3) is 3.30. The summed E-state index contributed by atoms with van der Waals surface area (Å²) in [5.74, 6) is -0.606. The second-order valence-electron chi connectivity index (χ2n) is 11.6. The summed E-state index contributed by atoms with van der Waals surface area (Å²) >= 11 is 0. The van der Waals surface area contributed by atoms with Crippen molar-refractivity contribution in [3.05, 3.63) is 0 Å². The number of carbonyl (C=O) groups is 1. The van der Waals surface area contributed by atoms with E-state index in [0.717, 1.165) is 30.6 Å². The number of rotatable bonds is 2. The summed E-state index contributed by atoms with van der Waals surface area (Å²) in [6, 6.07) is 0. The Morgan fingerprint density at radius 3 is 2.39 bits per heavy atom. The van der Waals surface area contributed by atoms with Crippen LogP contribution in [0, 0.1) is 40.9 Å². The minimum absolute atomic E-state index is 0.429. The summed E-state index contributed by atoms with van der Waals surface area (Å²) in [5.41, 5.74) is 0.531. The van der Waals surface area contributed by atoms with Crippen LogP contribution in [0.1, 0.15) is 71.1 Å². The Kier molecular flexibility index (Phi) is 5.45. The van der Waals surface area contributed by atoms with E-state index in [2.05, 4.69) is 6.92 Å². The molecular formula is C24H38O7. The fourth-order valence-electron chi connectivity index (χ4n) is 8.71. The molecule has 7 heteroatoms. The number of aliphatic hydroxyl groups is 4. The van der Waals surface area contributed by atoms with Gasteiger partial charge in [-0.05, 0) is 92.8 Å². The minimum atomic E-state index is -2.15. The first-order valence-electron chi connectivity index (χ1n) is 12.3. The number of aliphatic carboxylic acids is 1. The molecule has 0 amide bonds. The van der Waals surface area contributed by atoms with E-state index in [4.69, 9.17) is 4.74 Å². The molecule has 7 nitrogen and oxygen atoms in total. The molecule has 0 bridgehead atoms. The number of hydrogen-bond acceptors (Lipinski definition) is 6. The zero-order valence-electron chi connectivity index (χ0n) is 18.4. The van der Waals surface area contributed by atoms with Crippen LogP contribution in [0.2, 0.25) is 0 Å². The Morgan fingerprint density at radius 1 is 0.903 bits per heavy atom. The van der Waals surface area contributed by atoms with Gasteiger partial charge in [-0.3, -0.25) is 0 Å². The third-order valence-electron chi connectivity index (χ3n) is 10.3. The fraction of sp³-hybridized carbons (Fsp3) is 0.958. The number of fused-ring (bicyclic) bond motifs is 5. The van der Waals surface area contributed by atoms with Crippen LogP contribution in [0.5, 0.6) is 0 Å². The van der Waals surface area contributed by atoms with E-state index in [0.29, 0.717) is 30.1 Å². The van der Waals surface area contributed by atoms with Gasteiger partial charge in [0.1, 0.15) is 18.3 Å². The van der Waals surface area contributed by atoms with Gasteiger partial charge in [0.15, 0.2) is 11.9 Å². The minimum Gasteiger partial charge on any atom is -0.479 e. The lowest BCUT2D eigenvalue weighted by Gasteiger charge is -2.57. The molecular weight excluding hydrogens is 400 g/mol. The lowest BCUT2D eigenvalue weighted by Crippen LogP contribution is -2.69. The molecule has 4 aliphatic carbocycles. The van der Waals surface area contributed by atoms with Crippen molar-refractivity contribution in [2.45, 2.75) is 101 Å². The molecule has 5 fully saturated rings. The summed E-state index contributed by atoms with van der Waals surface area (Å²) in [6.07, 6.45) is 4.26. The molecule has 5 rings (SSSR count). The first-order valence-corrected chi connectivity index (χ1v) is 12.3. The van der Waals surface area contributed by atoms with Gasteiger partial charge in [-0.15, -0.1) is 0 Å². The van der Waals surface area contributed by atoms with Gasteiger partial charge in [-0.2, -0.15) is 0 Å². The normalized spacial score (nSPS) is 56.9. The molecule has 5 N–H and O–H groups in total. The zero-order chi connectivity index (χ0) is 22.1. The van der Waals surface area contributed by atoms with Crippen LogP contribution < -0.4 is 0 Å². The van der Waals surface area contributed by atoms with Crippen LogP contribution in [-0.4, -0.2) is 61.7 Å². The highest BCUT2D eigenvalue weighted by molar-refractivity contribution is 5.73. The van der Waals surface area contributed by atoms with Crippen LogP contribution in [-0.2, 0) is 9.53 Å². The highest BCUT2D eigenvalue weighted by atomic mass is 16.7. The van der Waals surface area contributed by atoms with Gasteiger partial charge in [-0.25, -0.2) is 4.79 Å². The molecule has 4 saturated carbocycles. The van der Waals surface area contributed by atoms with Crippen LogP contribution in [0.3, 0.4) is 0 Å². The van der Waals surface area contributed by atoms with E-state index >= 15 is 0 Å². The Hall–Kier alpha value is -0.730. The number of aliphatic hydroxyl groups excluding tert-OH is 3. The Balaban J connectivity index is 1.32. The van der Waals surface area contributed by atoms with E-state index < -0.39 is 42.1 Å². The van der Waals surface area contributed by atoms with Crippen molar-refractivity contribution in [2.75, 3.05) is 0 Å². The van der Waals surface area contributed by atoms with Crippen LogP contribution >= 0.6 is 0 Å². The zero-order valence-corrected chi connectivity index (χ0v) is 18.4. The Morgan fingerprint density at radius 2 is 1.65 bits per heavy atom. The predicted molar refractivity (Wildman–Crippen MR) is 111 cm³/mol. The van der Waals surface area contributed by atoms with Crippen LogP contribution in [0.4, 0.5) is 0 Å². The lowest BCUT2D eigenvalue weighted by molar-refractivity contribution is -0.365. The quantitative estimate of drug-likeness (QED) is 0.445. The van der Waals surface area contributed by atoms with Crippen molar-refractivity contribution < 1.29 is 35.1 Å². The average Bonchev–Trinajstić information content (AvgIpc) is 3.16. The predicted octanol–water partition coefficient (Wildman–Crippen LogP) is 1.90. The Bertz CT molecular complexity index is 714. The van der Waals surface area contributed by atoms with E-state index in [1.165, 1.54) is 38.5 Å². The van der Waals surface area contributed by atoms with Gasteiger partial charge in [-0.1, -0.05) is 13.3 Å². The number of ether oxygens (including phenoxy) is 1. The molecule has 0 radical (unpaired) electrons. The molecule has 5 aliphatic rings. The first kappa shape index (κ1) is 22.1. The van der Waals surface area contributed by atoms with Crippen molar-refractivity contribution in [2.24, 2.45) is 40.9 Å². The maximum Gasteiger partial charge on any atom is 0.335 e. The van der Waals surface area contributed by atoms with Crippen LogP contribution in [0.15, 0.2) is 0 Å². The summed E-state index contributed by atoms with van der Waals surface area (Å²) in [6.45, 7) is 2.50. The third-order valence-corrected chi connectivity index (χ3v) is 10.3. The second kappa shape index (κ2) is 7.66. The van der Waals surface area contributed by atoms with Gasteiger partial charge < -0.3 is 30.3 Å². The molecule has 1 aliphatic heterocycles. The monoisotopic (exact) mass is 438 g/mol. The van der Waals surface area contributed by atoms with Crippen molar-refractivity contribution >= 4 is 5.97 Å². The van der Waals surface area contributed by atoms with E-state index in [-0.39, 0.29) is 0 Å². The molecule has 176 valence electrons. The maximum absolute atomic E-state index is 11.5. The molecule has 12 atom stereocenters. The molecule has 1 heterocycles. The molecule has 1 saturated heterocycles. The SMILES string of the molecule is C[C@@]12CCC[C@H]1[C@@H]1CCC3CC(C4(O)O[C@H](C(=O)O)[C@@H](O)[C@H](O)[C@H]4O)CC[C@@H]3[C@H]1CC2. The number of carboxylic acid groups (broad SMARTS) is 1. The smallest absolute Gasteiger partial charge is 0.335 e. The first-order chi connectivity index (χ1) is 14.7. The number of hydrogen-bond donors (Lipinski definition) is 5. The summed E-state index contributed by atoms with van der Waals surface area (Å²) < 4.78 is 5.42. The lowest BCUT2D eigenvalue weighted by atomic mass is 9.50. The van der Waals surface area contributed by atoms with Crippen molar-refractivity contribution in [3.8, 4) is 0 Å². The summed E-state index contributed by atoms with van der Waals surface area (Å²) in [4.78, 5) is 11.5. The van der Waals surface area contributed by atoms with Crippen molar-refractivity contribution in [1.82, 2.24) is 0 Å². The summed E-state index contributed by atoms with van der Waals surface area (Å²) in [5, 5.41) is 51.4. The van der Waals surface area contributed by atoms with Gasteiger partial charge >= 0.3 is 5.97 Å². The van der Waals surface area contributed by atoms with E-state index in [1.54, 1.807) is 0 Å². The van der Waals surface area contributed by atoms with E-state index in [9.17, 15) is 30.3 Å². The topological polar surface area (TPSA) is 127 Å². The van der Waals surface area contributed by atoms with Gasteiger partial charge in [0.05, 0.1) is 0 Å². The maximum atomic E-state index is 11.5. The Labute approximate surface area is 183 Å². The fourth-order valence-corrected chi connectivity index (χ4v) is 8.71. The van der Waals surface area contributed by atoms with Crippen molar-refractivity contribution in [3.63, 3.8) is 0 Å². The van der Waals surface area contributed by atoms with Crippen molar-refractivity contribution in [1.29, 1.82) is 0 Å². The van der Waals surface area contributed by atoms with Gasteiger partial charge in [0.2, 0.25) is 0 Å². The second-order valence-corrected chi connectivity index (χ2v) is 11.6. The molecule has 31 heavy (non-hydrogen) atoms. The molecule has 0 aromatic rings. The standard InChI is InChI=1S/C24H38O7/c1-23-9-2-3-17(23)16-6-4-12-11-13(5-7-14(12)15(16)8-10-23)24(30)21(27)19(26)18(25)20(31-24)22(28)29/h12-21,25-27,30H,2-11H2,1H3,(H,28,29)/t12?,13?,14-,15+,16+,17-,18-,19-,20-,21+,23-,24?/m0/s1. The average molecular weight is 439 g/mol. The highest BCUT2D eigenvalue weighted by Gasteiger charge is 2.60. The number of carboxylic acids is 1. The van der Waals surface area contributed by atoms with Gasteiger partial charge in [0, 0.05) is 5.92 Å². The molecule has 0 aromatic heterocycles. The molecule has 3 unspecified atom stereocenters. The molecule has 0 spiro atoms. The summed E-state index contributed by atoms with van der Waals surface area (Å²) in [7, 11) is 0.